The molecule has 1 heterocycles. The maximum Gasteiger partial charge on any atom is 0.306 e. The molecular weight excluding hydrogens is 528 g/mol. The number of rotatable bonds is 11. The molecule has 5 nitrogen and oxygen atoms in total. The SMILES string of the molecule is COc1cc(C(Sc2ccccc2)(Sc2ccccc2)C2COC(=O)C2)cc(OC)c1OCc1ccccc1. The Hall–Kier alpha value is -3.55. The highest BCUT2D eigenvalue weighted by Gasteiger charge is 2.48. The van der Waals surface area contributed by atoms with E-state index in [4.69, 9.17) is 18.9 Å². The van der Waals surface area contributed by atoms with Crippen molar-refractivity contribution in [3.05, 3.63) is 114 Å². The Morgan fingerprint density at radius 2 is 1.31 bits per heavy atom. The molecule has 1 fully saturated rings. The van der Waals surface area contributed by atoms with Gasteiger partial charge in [-0.15, -0.1) is 23.5 Å². The first-order valence-electron chi connectivity index (χ1n) is 12.7. The second kappa shape index (κ2) is 12.5. The number of hydrogen-bond donors (Lipinski definition) is 0. The third kappa shape index (κ3) is 6.21. The Bertz CT molecular complexity index is 1310. The van der Waals surface area contributed by atoms with E-state index in [0.717, 1.165) is 20.9 Å². The van der Waals surface area contributed by atoms with Gasteiger partial charge in [-0.25, -0.2) is 0 Å². The standard InChI is InChI=1S/C32H30O5S2/c1-34-28-18-24(19-29(35-2)31(28)37-21-23-12-6-3-7-13-23)32(25-20-30(33)36-22-25,38-26-14-8-4-9-15-26)39-27-16-10-5-11-17-27/h3-19,25H,20-22H2,1-2H3. The summed E-state index contributed by atoms with van der Waals surface area (Å²) in [6.45, 7) is 0.704. The lowest BCUT2D eigenvalue weighted by atomic mass is 9.96. The zero-order chi connectivity index (χ0) is 27.1. The number of benzene rings is 4. The predicted molar refractivity (Wildman–Crippen MR) is 156 cm³/mol. The van der Waals surface area contributed by atoms with Gasteiger partial charge in [0.1, 0.15) is 10.7 Å². The Morgan fingerprint density at radius 3 is 1.77 bits per heavy atom. The van der Waals surface area contributed by atoms with Gasteiger partial charge in [0, 0.05) is 15.7 Å². The topological polar surface area (TPSA) is 54.0 Å². The molecule has 1 aliphatic rings. The van der Waals surface area contributed by atoms with E-state index in [1.54, 1.807) is 37.7 Å². The molecule has 0 aliphatic carbocycles. The van der Waals surface area contributed by atoms with Crippen LogP contribution < -0.4 is 14.2 Å². The zero-order valence-corrected chi connectivity index (χ0v) is 23.5. The van der Waals surface area contributed by atoms with Crippen molar-refractivity contribution in [2.24, 2.45) is 5.92 Å². The van der Waals surface area contributed by atoms with Crippen molar-refractivity contribution in [3.63, 3.8) is 0 Å². The van der Waals surface area contributed by atoms with Crippen molar-refractivity contribution < 1.29 is 23.7 Å². The van der Waals surface area contributed by atoms with Crippen molar-refractivity contribution in [3.8, 4) is 17.2 Å². The van der Waals surface area contributed by atoms with E-state index in [2.05, 4.69) is 24.3 Å². The van der Waals surface area contributed by atoms with Crippen LogP contribution in [0.1, 0.15) is 17.5 Å². The molecule has 4 aromatic rings. The Kier molecular flexibility index (Phi) is 8.69. The second-order valence-corrected chi connectivity index (χ2v) is 12.0. The van der Waals surface area contributed by atoms with Crippen LogP contribution in [0.2, 0.25) is 0 Å². The molecule has 7 heteroatoms. The number of ether oxygens (including phenoxy) is 4. The van der Waals surface area contributed by atoms with Crippen LogP contribution in [0.3, 0.4) is 0 Å². The summed E-state index contributed by atoms with van der Waals surface area (Å²) in [6.07, 6.45) is 0.316. The lowest BCUT2D eigenvalue weighted by Crippen LogP contribution is -2.29. The minimum Gasteiger partial charge on any atom is -0.493 e. The summed E-state index contributed by atoms with van der Waals surface area (Å²) in [5, 5.41) is 0. The first-order chi connectivity index (χ1) is 19.1. The highest BCUT2D eigenvalue weighted by atomic mass is 32.2. The van der Waals surface area contributed by atoms with Crippen LogP contribution in [0.25, 0.3) is 0 Å². The molecule has 1 atom stereocenters. The van der Waals surface area contributed by atoms with E-state index in [9.17, 15) is 4.79 Å². The normalized spacial score (nSPS) is 15.0. The van der Waals surface area contributed by atoms with E-state index in [1.165, 1.54) is 0 Å². The molecule has 0 amide bonds. The average Bonchev–Trinajstić information content (AvgIpc) is 3.43. The second-order valence-electron chi connectivity index (χ2n) is 9.07. The molecule has 1 unspecified atom stereocenters. The molecule has 0 aromatic heterocycles. The molecule has 1 saturated heterocycles. The quantitative estimate of drug-likeness (QED) is 0.107. The number of thioether (sulfide) groups is 2. The summed E-state index contributed by atoms with van der Waals surface area (Å²) in [6, 6.07) is 34.5. The molecule has 39 heavy (non-hydrogen) atoms. The third-order valence-corrected chi connectivity index (χ3v) is 9.77. The van der Waals surface area contributed by atoms with E-state index in [0.29, 0.717) is 36.9 Å². The Balaban J connectivity index is 1.64. The van der Waals surface area contributed by atoms with Gasteiger partial charge in [-0.3, -0.25) is 4.79 Å². The van der Waals surface area contributed by atoms with Crippen LogP contribution in [0.5, 0.6) is 17.2 Å². The monoisotopic (exact) mass is 558 g/mol. The minimum atomic E-state index is -0.632. The van der Waals surface area contributed by atoms with Gasteiger partial charge in [0.05, 0.1) is 27.2 Å². The van der Waals surface area contributed by atoms with E-state index < -0.39 is 4.08 Å². The Labute approximate surface area is 237 Å². The first-order valence-corrected chi connectivity index (χ1v) is 14.3. The summed E-state index contributed by atoms with van der Waals surface area (Å²) in [5.74, 6) is 1.38. The molecule has 0 spiro atoms. The molecule has 200 valence electrons. The molecular formula is C32H30O5S2. The van der Waals surface area contributed by atoms with Gasteiger partial charge in [-0.05, 0) is 47.5 Å². The van der Waals surface area contributed by atoms with E-state index in [1.807, 2.05) is 78.9 Å². The van der Waals surface area contributed by atoms with E-state index in [-0.39, 0.29) is 11.9 Å². The highest BCUT2D eigenvalue weighted by molar-refractivity contribution is 8.17. The number of cyclic esters (lactones) is 1. The number of methoxy groups -OCH3 is 2. The lowest BCUT2D eigenvalue weighted by Gasteiger charge is -2.38. The number of hydrogen-bond acceptors (Lipinski definition) is 7. The van der Waals surface area contributed by atoms with Gasteiger partial charge < -0.3 is 18.9 Å². The molecule has 1 aliphatic heterocycles. The van der Waals surface area contributed by atoms with Crippen LogP contribution in [0, 0.1) is 5.92 Å². The fourth-order valence-corrected chi connectivity index (χ4v) is 7.72. The minimum absolute atomic E-state index is 0.106. The average molecular weight is 559 g/mol. The first kappa shape index (κ1) is 27.0. The number of carbonyl (C=O) groups is 1. The summed E-state index contributed by atoms with van der Waals surface area (Å²) in [7, 11) is 3.26. The molecule has 0 radical (unpaired) electrons. The van der Waals surface area contributed by atoms with Crippen molar-refractivity contribution in [1.29, 1.82) is 0 Å². The van der Waals surface area contributed by atoms with Gasteiger partial charge in [0.15, 0.2) is 11.5 Å². The number of carbonyl (C=O) groups excluding carboxylic acids is 1. The van der Waals surface area contributed by atoms with Crippen molar-refractivity contribution in [2.75, 3.05) is 20.8 Å². The summed E-state index contributed by atoms with van der Waals surface area (Å²) in [4.78, 5) is 14.6. The van der Waals surface area contributed by atoms with Crippen LogP contribution in [0.4, 0.5) is 0 Å². The zero-order valence-electron chi connectivity index (χ0n) is 21.9. The van der Waals surface area contributed by atoms with Crippen LogP contribution in [-0.4, -0.2) is 26.8 Å². The van der Waals surface area contributed by atoms with Gasteiger partial charge in [0.25, 0.3) is 0 Å². The predicted octanol–water partition coefficient (Wildman–Crippen LogP) is 7.58. The highest BCUT2D eigenvalue weighted by Crippen LogP contribution is 2.61. The third-order valence-electron chi connectivity index (χ3n) is 6.51. The van der Waals surface area contributed by atoms with E-state index >= 15 is 0 Å². The van der Waals surface area contributed by atoms with Crippen molar-refractivity contribution in [1.82, 2.24) is 0 Å². The fourth-order valence-electron chi connectivity index (χ4n) is 4.58. The molecule has 0 saturated carbocycles. The van der Waals surface area contributed by atoms with Gasteiger partial charge in [-0.1, -0.05) is 66.7 Å². The summed E-state index contributed by atoms with van der Waals surface area (Å²) < 4.78 is 22.9. The Morgan fingerprint density at radius 1 is 0.795 bits per heavy atom. The maximum atomic E-state index is 12.4. The largest absolute Gasteiger partial charge is 0.493 e. The maximum absolute atomic E-state index is 12.4. The molecule has 5 rings (SSSR count). The summed E-state index contributed by atoms with van der Waals surface area (Å²) in [5.41, 5.74) is 2.00. The van der Waals surface area contributed by atoms with Gasteiger partial charge in [-0.2, -0.15) is 0 Å². The van der Waals surface area contributed by atoms with Crippen LogP contribution in [0.15, 0.2) is 113 Å². The molecule has 4 aromatic carbocycles. The fraction of sp³-hybridized carbons (Fsp3) is 0.219. The van der Waals surface area contributed by atoms with Gasteiger partial charge >= 0.3 is 5.97 Å². The molecule has 0 bridgehead atoms. The smallest absolute Gasteiger partial charge is 0.306 e. The van der Waals surface area contributed by atoms with Crippen LogP contribution in [-0.2, 0) is 20.2 Å². The summed E-state index contributed by atoms with van der Waals surface area (Å²) >= 11 is 3.43. The van der Waals surface area contributed by atoms with Crippen molar-refractivity contribution >= 4 is 29.5 Å². The van der Waals surface area contributed by atoms with Gasteiger partial charge in [0.2, 0.25) is 5.75 Å². The number of esters is 1. The molecule has 0 N–H and O–H groups in total. The lowest BCUT2D eigenvalue weighted by molar-refractivity contribution is -0.137. The van der Waals surface area contributed by atoms with Crippen molar-refractivity contribution in [2.45, 2.75) is 26.9 Å². The van der Waals surface area contributed by atoms with Crippen LogP contribution >= 0.6 is 23.5 Å².